The van der Waals surface area contributed by atoms with Gasteiger partial charge in [0.1, 0.15) is 12.3 Å². The molecule has 3 atom stereocenters. The highest BCUT2D eigenvalue weighted by molar-refractivity contribution is 5.77. The molecule has 34 heavy (non-hydrogen) atoms. The van der Waals surface area contributed by atoms with E-state index in [0.717, 1.165) is 37.8 Å². The first-order valence-electron chi connectivity index (χ1n) is 12.6. The third-order valence-corrected chi connectivity index (χ3v) is 8.42. The van der Waals surface area contributed by atoms with Gasteiger partial charge in [0.05, 0.1) is 17.3 Å². The van der Waals surface area contributed by atoms with E-state index in [1.165, 1.54) is 16.7 Å². The molecule has 5 heteroatoms. The number of hydrogen-bond donors (Lipinski definition) is 0. The summed E-state index contributed by atoms with van der Waals surface area (Å²) in [6, 6.07) is 16.9. The van der Waals surface area contributed by atoms with Crippen molar-refractivity contribution in [3.05, 3.63) is 77.1 Å². The minimum Gasteiger partial charge on any atom is -0.459 e. The fourth-order valence-electron chi connectivity index (χ4n) is 6.49. The van der Waals surface area contributed by atoms with Gasteiger partial charge in [0.2, 0.25) is 0 Å². The molecule has 2 aliphatic rings. The van der Waals surface area contributed by atoms with Gasteiger partial charge in [-0.05, 0) is 78.7 Å². The molecule has 5 rings (SSSR count). The monoisotopic (exact) mass is 457 g/mol. The van der Waals surface area contributed by atoms with E-state index >= 15 is 0 Å². The zero-order valence-corrected chi connectivity index (χ0v) is 20.8. The van der Waals surface area contributed by atoms with Crippen molar-refractivity contribution in [1.82, 2.24) is 15.0 Å². The van der Waals surface area contributed by atoms with Crippen LogP contribution < -0.4 is 0 Å². The van der Waals surface area contributed by atoms with E-state index < -0.39 is 5.41 Å². The highest BCUT2D eigenvalue weighted by Gasteiger charge is 2.55. The Morgan fingerprint density at radius 3 is 2.71 bits per heavy atom. The van der Waals surface area contributed by atoms with Crippen molar-refractivity contribution < 1.29 is 9.53 Å². The standard InChI is InChI=1S/C29H35N3O2/c1-20(2)21-11-13-25-22(17-21)12-14-26-28(25,3)15-8-16-29(26,4)27(33)34-19-23-18-32(31-30-23)24-9-6-5-7-10-24/h5-7,9-11,13,17-18,20,26H,8,12,14-16,19H2,1-4H3/t26?,28-,29-/m1/s1. The molecule has 0 spiro atoms. The van der Waals surface area contributed by atoms with E-state index in [4.69, 9.17) is 4.74 Å². The number of nitrogens with zero attached hydrogens (tertiary/aromatic N) is 3. The van der Waals surface area contributed by atoms with Gasteiger partial charge in [-0.15, -0.1) is 5.10 Å². The van der Waals surface area contributed by atoms with Crippen molar-refractivity contribution >= 4 is 5.97 Å². The summed E-state index contributed by atoms with van der Waals surface area (Å²) >= 11 is 0. The summed E-state index contributed by atoms with van der Waals surface area (Å²) in [6.07, 6.45) is 6.93. The largest absolute Gasteiger partial charge is 0.459 e. The molecule has 0 saturated heterocycles. The number of hydrogen-bond acceptors (Lipinski definition) is 4. The summed E-state index contributed by atoms with van der Waals surface area (Å²) < 4.78 is 7.61. The Bertz CT molecular complexity index is 1190. The van der Waals surface area contributed by atoms with E-state index in [1.54, 1.807) is 4.68 Å². The van der Waals surface area contributed by atoms with Crippen LogP contribution in [0.3, 0.4) is 0 Å². The van der Waals surface area contributed by atoms with Crippen LogP contribution in [-0.4, -0.2) is 21.0 Å². The third-order valence-electron chi connectivity index (χ3n) is 8.42. The van der Waals surface area contributed by atoms with Gasteiger partial charge >= 0.3 is 5.97 Å². The maximum absolute atomic E-state index is 13.5. The molecule has 0 radical (unpaired) electrons. The van der Waals surface area contributed by atoms with E-state index in [-0.39, 0.29) is 23.9 Å². The molecule has 2 aromatic carbocycles. The van der Waals surface area contributed by atoms with Crippen LogP contribution in [0.4, 0.5) is 0 Å². The Morgan fingerprint density at radius 1 is 1.15 bits per heavy atom. The van der Waals surface area contributed by atoms with Gasteiger partial charge in [0.15, 0.2) is 0 Å². The number of rotatable bonds is 5. The van der Waals surface area contributed by atoms with Crippen LogP contribution in [-0.2, 0) is 28.0 Å². The molecule has 178 valence electrons. The van der Waals surface area contributed by atoms with Crippen molar-refractivity contribution in [3.63, 3.8) is 0 Å². The van der Waals surface area contributed by atoms with Crippen molar-refractivity contribution in [3.8, 4) is 5.69 Å². The lowest BCUT2D eigenvalue weighted by Gasteiger charge is -2.54. The van der Waals surface area contributed by atoms with Gasteiger partial charge in [0, 0.05) is 0 Å². The Balaban J connectivity index is 1.34. The maximum Gasteiger partial charge on any atom is 0.312 e. The van der Waals surface area contributed by atoms with Crippen molar-refractivity contribution in [2.24, 2.45) is 11.3 Å². The van der Waals surface area contributed by atoms with Crippen molar-refractivity contribution in [2.45, 2.75) is 77.7 Å². The Labute approximate surface area is 202 Å². The van der Waals surface area contributed by atoms with Crippen molar-refractivity contribution in [2.75, 3.05) is 0 Å². The molecule has 1 aromatic heterocycles. The summed E-state index contributed by atoms with van der Waals surface area (Å²) in [5.41, 5.74) is 5.43. The van der Waals surface area contributed by atoms with E-state index in [0.29, 0.717) is 11.6 Å². The maximum atomic E-state index is 13.5. The summed E-state index contributed by atoms with van der Waals surface area (Å²) in [6.45, 7) is 9.16. The van der Waals surface area contributed by atoms with Gasteiger partial charge in [-0.1, -0.05) is 68.8 Å². The minimum atomic E-state index is -0.489. The highest BCUT2D eigenvalue weighted by atomic mass is 16.5. The number of aryl methyl sites for hydroxylation is 1. The van der Waals surface area contributed by atoms with Crippen LogP contribution in [0, 0.1) is 11.3 Å². The van der Waals surface area contributed by atoms with Crippen LogP contribution in [0.1, 0.15) is 81.7 Å². The Morgan fingerprint density at radius 2 is 1.94 bits per heavy atom. The topological polar surface area (TPSA) is 57.0 Å². The predicted octanol–water partition coefficient (Wildman–Crippen LogP) is 6.14. The second kappa shape index (κ2) is 8.68. The molecule has 3 aromatic rings. The van der Waals surface area contributed by atoms with Crippen LogP contribution in [0.25, 0.3) is 5.69 Å². The van der Waals surface area contributed by atoms with Gasteiger partial charge < -0.3 is 4.74 Å². The van der Waals surface area contributed by atoms with Gasteiger partial charge in [0.25, 0.3) is 0 Å². The lowest BCUT2D eigenvalue weighted by molar-refractivity contribution is -0.166. The van der Waals surface area contributed by atoms with Gasteiger partial charge in [-0.2, -0.15) is 0 Å². The molecule has 0 aliphatic heterocycles. The summed E-state index contributed by atoms with van der Waals surface area (Å²) in [5.74, 6) is 0.709. The van der Waals surface area contributed by atoms with E-state index in [1.807, 2.05) is 36.5 Å². The van der Waals surface area contributed by atoms with Crippen molar-refractivity contribution in [1.29, 1.82) is 0 Å². The third kappa shape index (κ3) is 3.85. The average Bonchev–Trinajstić information content (AvgIpc) is 3.32. The Kier molecular flexibility index (Phi) is 5.83. The second-order valence-corrected chi connectivity index (χ2v) is 10.9. The molecule has 1 fully saturated rings. The number of carbonyl (C=O) groups excluding carboxylic acids is 1. The quantitative estimate of drug-likeness (QED) is 0.432. The average molecular weight is 458 g/mol. The fourth-order valence-corrected chi connectivity index (χ4v) is 6.49. The highest BCUT2D eigenvalue weighted by Crippen LogP contribution is 2.57. The number of carbonyl (C=O) groups is 1. The molecule has 1 saturated carbocycles. The molecule has 0 bridgehead atoms. The SMILES string of the molecule is CC(C)c1ccc2c(c1)CCC1[C@](C)(C(=O)OCc3cn(-c4ccccc4)nn3)CCC[C@]21C. The number of ether oxygens (including phenoxy) is 1. The van der Waals surface area contributed by atoms with Crippen LogP contribution in [0.5, 0.6) is 0 Å². The van der Waals surface area contributed by atoms with Crippen LogP contribution in [0.15, 0.2) is 54.7 Å². The number of benzene rings is 2. The lowest BCUT2D eigenvalue weighted by atomic mass is 9.49. The van der Waals surface area contributed by atoms with Crippen LogP contribution >= 0.6 is 0 Å². The summed E-state index contributed by atoms with van der Waals surface area (Å²) in [7, 11) is 0. The molecular formula is C29H35N3O2. The number of fused-ring (bicyclic) bond motifs is 3. The zero-order chi connectivity index (χ0) is 23.9. The molecule has 0 amide bonds. The first kappa shape index (κ1) is 22.8. The zero-order valence-electron chi connectivity index (χ0n) is 20.8. The predicted molar refractivity (Wildman–Crippen MR) is 133 cm³/mol. The molecular weight excluding hydrogens is 422 g/mol. The van der Waals surface area contributed by atoms with Gasteiger partial charge in [-0.25, -0.2) is 4.68 Å². The first-order valence-corrected chi connectivity index (χ1v) is 12.6. The number of para-hydroxylation sites is 1. The summed E-state index contributed by atoms with van der Waals surface area (Å²) in [5, 5.41) is 8.41. The molecule has 5 nitrogen and oxygen atoms in total. The van der Waals surface area contributed by atoms with Gasteiger partial charge in [-0.3, -0.25) is 4.79 Å². The van der Waals surface area contributed by atoms with E-state index in [2.05, 4.69) is 56.2 Å². The molecule has 2 aliphatic carbocycles. The summed E-state index contributed by atoms with van der Waals surface area (Å²) in [4.78, 5) is 13.5. The number of esters is 1. The molecule has 1 unspecified atom stereocenters. The Hall–Kier alpha value is -2.95. The van der Waals surface area contributed by atoms with E-state index in [9.17, 15) is 4.79 Å². The fraction of sp³-hybridized carbons (Fsp3) is 0.483. The lowest BCUT2D eigenvalue weighted by Crippen LogP contribution is -2.52. The first-order chi connectivity index (χ1) is 16.3. The minimum absolute atomic E-state index is 0.00551. The smallest absolute Gasteiger partial charge is 0.312 e. The second-order valence-electron chi connectivity index (χ2n) is 10.9. The molecule has 0 N–H and O–H groups in total. The molecule has 1 heterocycles. The van der Waals surface area contributed by atoms with Crippen LogP contribution in [0.2, 0.25) is 0 Å². The normalized spacial score (nSPS) is 26.1. The number of aromatic nitrogens is 3.